The van der Waals surface area contributed by atoms with Gasteiger partial charge in [-0.2, -0.15) is 0 Å². The maximum Gasteiger partial charge on any atom is 0.325 e. The number of H-pyrrole nitrogens is 1. The standard InChI is InChI=1S/C24H27ClN4O3/c1-15(2)23(30)27-17-5-8-19-20(14-26-21(19)13-17)22(24(31)32)29-11-9-28(10-12-29)18-6-3-16(25)4-7-18/h3-8,13-15,22,26H,9-12H2,1-2H3,(H,27,30)(H,31,32)/t22-/m0/s1. The molecule has 3 aromatic rings. The van der Waals surface area contributed by atoms with E-state index in [2.05, 4.69) is 15.2 Å². The van der Waals surface area contributed by atoms with Crippen LogP contribution in [0.3, 0.4) is 0 Å². The topological polar surface area (TPSA) is 88.7 Å². The molecule has 1 aliphatic rings. The number of nitrogens with zero attached hydrogens (tertiary/aromatic N) is 2. The highest BCUT2D eigenvalue weighted by Crippen LogP contribution is 2.32. The highest BCUT2D eigenvalue weighted by molar-refractivity contribution is 6.30. The lowest BCUT2D eigenvalue weighted by Crippen LogP contribution is -2.49. The number of nitrogens with one attached hydrogen (secondary N) is 2. The molecule has 1 aromatic heterocycles. The Morgan fingerprint density at radius 2 is 1.75 bits per heavy atom. The van der Waals surface area contributed by atoms with Gasteiger partial charge in [0.05, 0.1) is 0 Å². The van der Waals surface area contributed by atoms with Crippen molar-refractivity contribution in [2.45, 2.75) is 19.9 Å². The number of anilines is 2. The van der Waals surface area contributed by atoms with Crippen LogP contribution >= 0.6 is 11.6 Å². The third-order valence-corrected chi connectivity index (χ3v) is 6.16. The molecule has 168 valence electrons. The van der Waals surface area contributed by atoms with Gasteiger partial charge in [0.15, 0.2) is 0 Å². The molecule has 1 fully saturated rings. The van der Waals surface area contributed by atoms with Gasteiger partial charge in [-0.05, 0) is 36.4 Å². The van der Waals surface area contributed by atoms with Crippen molar-refractivity contribution in [1.82, 2.24) is 9.88 Å². The van der Waals surface area contributed by atoms with Gasteiger partial charge in [0.25, 0.3) is 0 Å². The third-order valence-electron chi connectivity index (χ3n) is 5.91. The Labute approximate surface area is 192 Å². The number of benzene rings is 2. The van der Waals surface area contributed by atoms with Crippen LogP contribution in [-0.2, 0) is 9.59 Å². The Hall–Kier alpha value is -3.03. The minimum Gasteiger partial charge on any atom is -0.480 e. The molecule has 2 aromatic carbocycles. The number of carbonyl (C=O) groups is 2. The van der Waals surface area contributed by atoms with Gasteiger partial charge < -0.3 is 20.3 Å². The maximum absolute atomic E-state index is 12.3. The molecule has 0 unspecified atom stereocenters. The van der Waals surface area contributed by atoms with Crippen molar-refractivity contribution in [2.24, 2.45) is 5.92 Å². The minimum absolute atomic E-state index is 0.0573. The number of aliphatic carboxylic acids is 1. The van der Waals surface area contributed by atoms with E-state index in [-0.39, 0.29) is 11.8 Å². The van der Waals surface area contributed by atoms with E-state index in [4.69, 9.17) is 11.6 Å². The molecule has 2 heterocycles. The SMILES string of the molecule is CC(C)C(=O)Nc1ccc2c([C@@H](C(=O)O)N3CCN(c4ccc(Cl)cc4)CC3)c[nH]c2c1. The summed E-state index contributed by atoms with van der Waals surface area (Å²) in [6.07, 6.45) is 1.77. The summed E-state index contributed by atoms with van der Waals surface area (Å²) in [6.45, 7) is 6.41. The number of aromatic amines is 1. The molecular weight excluding hydrogens is 428 g/mol. The summed E-state index contributed by atoms with van der Waals surface area (Å²) >= 11 is 5.99. The summed E-state index contributed by atoms with van der Waals surface area (Å²) in [7, 11) is 0. The Balaban J connectivity index is 1.52. The number of carboxylic acid groups (broad SMARTS) is 1. The van der Waals surface area contributed by atoms with Gasteiger partial charge in [-0.25, -0.2) is 0 Å². The number of aromatic nitrogens is 1. The van der Waals surface area contributed by atoms with Crippen molar-refractivity contribution in [2.75, 3.05) is 36.4 Å². The van der Waals surface area contributed by atoms with E-state index in [1.807, 2.05) is 61.2 Å². The van der Waals surface area contributed by atoms with E-state index < -0.39 is 12.0 Å². The van der Waals surface area contributed by atoms with Crippen molar-refractivity contribution >= 4 is 45.8 Å². The predicted octanol–water partition coefficient (Wildman–Crippen LogP) is 4.36. The van der Waals surface area contributed by atoms with Gasteiger partial charge in [-0.3, -0.25) is 14.5 Å². The maximum atomic E-state index is 12.3. The number of hydrogen-bond acceptors (Lipinski definition) is 4. The Morgan fingerprint density at radius 3 is 2.38 bits per heavy atom. The molecule has 4 rings (SSSR count). The van der Waals surface area contributed by atoms with Crippen molar-refractivity contribution in [3.8, 4) is 0 Å². The number of amides is 1. The average molecular weight is 455 g/mol. The summed E-state index contributed by atoms with van der Waals surface area (Å²) in [6, 6.07) is 12.5. The molecule has 1 saturated heterocycles. The number of piperazine rings is 1. The molecule has 7 nitrogen and oxygen atoms in total. The first kappa shape index (κ1) is 22.2. The highest BCUT2D eigenvalue weighted by Gasteiger charge is 2.32. The zero-order valence-electron chi connectivity index (χ0n) is 18.1. The summed E-state index contributed by atoms with van der Waals surface area (Å²) in [5, 5.41) is 14.5. The van der Waals surface area contributed by atoms with Crippen LogP contribution < -0.4 is 10.2 Å². The van der Waals surface area contributed by atoms with Crippen LogP contribution in [0.1, 0.15) is 25.5 Å². The Bertz CT molecular complexity index is 1120. The minimum atomic E-state index is -0.872. The Kier molecular flexibility index (Phi) is 6.39. The van der Waals surface area contributed by atoms with E-state index in [0.29, 0.717) is 23.8 Å². The molecular formula is C24H27ClN4O3. The summed E-state index contributed by atoms with van der Waals surface area (Å²) in [5.74, 6) is -1.05. The quantitative estimate of drug-likeness (QED) is 0.515. The second kappa shape index (κ2) is 9.22. The first-order valence-corrected chi connectivity index (χ1v) is 11.1. The normalized spacial score (nSPS) is 15.8. The van der Waals surface area contributed by atoms with Gasteiger partial charge in [-0.15, -0.1) is 0 Å². The fourth-order valence-corrected chi connectivity index (χ4v) is 4.24. The lowest BCUT2D eigenvalue weighted by Gasteiger charge is -2.38. The smallest absolute Gasteiger partial charge is 0.325 e. The zero-order chi connectivity index (χ0) is 22.8. The van der Waals surface area contributed by atoms with E-state index in [1.54, 1.807) is 6.20 Å². The van der Waals surface area contributed by atoms with Gasteiger partial charge >= 0.3 is 5.97 Å². The summed E-state index contributed by atoms with van der Waals surface area (Å²) in [4.78, 5) is 31.7. The fourth-order valence-electron chi connectivity index (χ4n) is 4.12. The van der Waals surface area contributed by atoms with E-state index in [9.17, 15) is 14.7 Å². The van der Waals surface area contributed by atoms with Gasteiger partial charge in [0, 0.05) is 71.2 Å². The van der Waals surface area contributed by atoms with Crippen LogP contribution in [0.5, 0.6) is 0 Å². The monoisotopic (exact) mass is 454 g/mol. The molecule has 32 heavy (non-hydrogen) atoms. The molecule has 1 aliphatic heterocycles. The number of halogens is 1. The number of rotatable bonds is 6. The van der Waals surface area contributed by atoms with Crippen LogP contribution in [-0.4, -0.2) is 53.0 Å². The fraction of sp³-hybridized carbons (Fsp3) is 0.333. The lowest BCUT2D eigenvalue weighted by atomic mass is 10.0. The number of carbonyl (C=O) groups excluding carboxylic acids is 1. The molecule has 0 aliphatic carbocycles. The molecule has 1 amide bonds. The molecule has 1 atom stereocenters. The summed E-state index contributed by atoms with van der Waals surface area (Å²) in [5.41, 5.74) is 3.30. The second-order valence-electron chi connectivity index (χ2n) is 8.39. The van der Waals surface area contributed by atoms with Gasteiger partial charge in [0.2, 0.25) is 5.91 Å². The molecule has 0 bridgehead atoms. The third kappa shape index (κ3) is 4.59. The van der Waals surface area contributed by atoms with E-state index in [1.165, 1.54) is 0 Å². The van der Waals surface area contributed by atoms with Crippen LogP contribution in [0.2, 0.25) is 5.02 Å². The molecule has 0 saturated carbocycles. The Morgan fingerprint density at radius 1 is 1.06 bits per heavy atom. The largest absolute Gasteiger partial charge is 0.480 e. The molecule has 3 N–H and O–H groups in total. The van der Waals surface area contributed by atoms with E-state index >= 15 is 0 Å². The van der Waals surface area contributed by atoms with Crippen molar-refractivity contribution in [3.63, 3.8) is 0 Å². The van der Waals surface area contributed by atoms with Crippen LogP contribution in [0.4, 0.5) is 11.4 Å². The van der Waals surface area contributed by atoms with Crippen LogP contribution in [0.15, 0.2) is 48.7 Å². The van der Waals surface area contributed by atoms with Gasteiger partial charge in [-0.1, -0.05) is 31.5 Å². The lowest BCUT2D eigenvalue weighted by molar-refractivity contribution is -0.143. The molecule has 0 radical (unpaired) electrons. The van der Waals surface area contributed by atoms with Crippen molar-refractivity contribution < 1.29 is 14.7 Å². The average Bonchev–Trinajstić information content (AvgIpc) is 3.17. The number of carboxylic acids is 1. The second-order valence-corrected chi connectivity index (χ2v) is 8.82. The highest BCUT2D eigenvalue weighted by atomic mass is 35.5. The molecule has 8 heteroatoms. The van der Waals surface area contributed by atoms with Crippen LogP contribution in [0.25, 0.3) is 10.9 Å². The van der Waals surface area contributed by atoms with E-state index in [0.717, 1.165) is 35.2 Å². The van der Waals surface area contributed by atoms with Crippen LogP contribution in [0, 0.1) is 5.92 Å². The van der Waals surface area contributed by atoms with Crippen molar-refractivity contribution in [1.29, 1.82) is 0 Å². The first-order valence-electron chi connectivity index (χ1n) is 10.7. The number of fused-ring (bicyclic) bond motifs is 1. The predicted molar refractivity (Wildman–Crippen MR) is 127 cm³/mol. The zero-order valence-corrected chi connectivity index (χ0v) is 18.9. The molecule has 0 spiro atoms. The summed E-state index contributed by atoms with van der Waals surface area (Å²) < 4.78 is 0. The van der Waals surface area contributed by atoms with Crippen molar-refractivity contribution in [3.05, 3.63) is 59.2 Å². The number of hydrogen-bond donors (Lipinski definition) is 3. The van der Waals surface area contributed by atoms with Gasteiger partial charge in [0.1, 0.15) is 6.04 Å². The first-order chi connectivity index (χ1) is 15.3.